The average Bonchev–Trinajstić information content (AvgIpc) is 2.46. The fourth-order valence-electron chi connectivity index (χ4n) is 2.16. The molecule has 0 spiro atoms. The summed E-state index contributed by atoms with van der Waals surface area (Å²) in [4.78, 5) is 13.9. The van der Waals surface area contributed by atoms with E-state index in [1.54, 1.807) is 0 Å². The van der Waals surface area contributed by atoms with Gasteiger partial charge in [0.15, 0.2) is 6.61 Å². The summed E-state index contributed by atoms with van der Waals surface area (Å²) in [6, 6.07) is 5.67. The first-order valence-corrected chi connectivity index (χ1v) is 7.39. The van der Waals surface area contributed by atoms with E-state index in [4.69, 9.17) is 10.5 Å². The quantitative estimate of drug-likeness (QED) is 0.923. The van der Waals surface area contributed by atoms with Crippen LogP contribution >= 0.6 is 15.9 Å². The number of benzene rings is 1. The third kappa shape index (κ3) is 3.94. The van der Waals surface area contributed by atoms with E-state index >= 15 is 0 Å². The van der Waals surface area contributed by atoms with Crippen LogP contribution in [0.3, 0.4) is 0 Å². The molecule has 0 aliphatic carbocycles. The number of carbonyl (C=O) groups is 1. The molecule has 0 radical (unpaired) electrons. The second-order valence-corrected chi connectivity index (χ2v) is 5.55. The van der Waals surface area contributed by atoms with E-state index in [0.29, 0.717) is 12.3 Å². The zero-order valence-electron chi connectivity index (χ0n) is 10.9. The molecule has 0 aromatic heterocycles. The maximum absolute atomic E-state index is 12.0. The molecule has 1 fully saturated rings. The van der Waals surface area contributed by atoms with Crippen LogP contribution in [0.25, 0.3) is 0 Å². The molecule has 19 heavy (non-hydrogen) atoms. The van der Waals surface area contributed by atoms with Crippen molar-refractivity contribution in [3.8, 4) is 5.75 Å². The van der Waals surface area contributed by atoms with Gasteiger partial charge in [0.2, 0.25) is 0 Å². The topological polar surface area (TPSA) is 55.6 Å². The van der Waals surface area contributed by atoms with Crippen LogP contribution in [-0.4, -0.2) is 30.5 Å². The number of hydrogen-bond donors (Lipinski definition) is 1. The van der Waals surface area contributed by atoms with Crippen LogP contribution < -0.4 is 10.5 Å². The lowest BCUT2D eigenvalue weighted by Crippen LogP contribution is -2.38. The van der Waals surface area contributed by atoms with Crippen molar-refractivity contribution >= 4 is 21.8 Å². The average molecular weight is 327 g/mol. The van der Waals surface area contributed by atoms with Gasteiger partial charge in [0.25, 0.3) is 5.91 Å². The lowest BCUT2D eigenvalue weighted by molar-refractivity contribution is -0.134. The molecule has 0 saturated carbocycles. The minimum atomic E-state index is 0.0644. The highest BCUT2D eigenvalue weighted by molar-refractivity contribution is 9.10. The summed E-state index contributed by atoms with van der Waals surface area (Å²) in [5.41, 5.74) is 6.60. The number of piperidine rings is 1. The van der Waals surface area contributed by atoms with Crippen LogP contribution in [0.15, 0.2) is 22.7 Å². The molecule has 1 aliphatic rings. The number of amides is 1. The number of nitrogens with two attached hydrogens (primary N) is 1. The number of hydrogen-bond acceptors (Lipinski definition) is 3. The largest absolute Gasteiger partial charge is 0.483 e. The molecule has 0 unspecified atom stereocenters. The summed E-state index contributed by atoms with van der Waals surface area (Å²) in [6.07, 6.45) is 3.41. The second kappa shape index (κ2) is 6.91. The van der Waals surface area contributed by atoms with Crippen molar-refractivity contribution < 1.29 is 9.53 Å². The highest BCUT2D eigenvalue weighted by Crippen LogP contribution is 2.26. The maximum Gasteiger partial charge on any atom is 0.260 e. The number of nitrogens with zero attached hydrogens (tertiary/aromatic N) is 1. The van der Waals surface area contributed by atoms with Crippen LogP contribution in [0.2, 0.25) is 0 Å². The summed E-state index contributed by atoms with van der Waals surface area (Å²) >= 11 is 3.43. The maximum atomic E-state index is 12.0. The van der Waals surface area contributed by atoms with E-state index < -0.39 is 0 Å². The van der Waals surface area contributed by atoms with Gasteiger partial charge in [-0.1, -0.05) is 6.07 Å². The van der Waals surface area contributed by atoms with Gasteiger partial charge in [0, 0.05) is 19.6 Å². The predicted octanol–water partition coefficient (Wildman–Crippen LogP) is 2.30. The Morgan fingerprint density at radius 3 is 2.68 bits per heavy atom. The minimum absolute atomic E-state index is 0.0644. The summed E-state index contributed by atoms with van der Waals surface area (Å²) in [5.74, 6) is 0.747. The van der Waals surface area contributed by atoms with Gasteiger partial charge in [-0.25, -0.2) is 0 Å². The fraction of sp³-hybridized carbons (Fsp3) is 0.500. The van der Waals surface area contributed by atoms with Crippen LogP contribution in [0.1, 0.15) is 24.8 Å². The molecule has 1 amide bonds. The van der Waals surface area contributed by atoms with E-state index in [2.05, 4.69) is 15.9 Å². The molecule has 4 nitrogen and oxygen atoms in total. The van der Waals surface area contributed by atoms with Crippen LogP contribution in [0.5, 0.6) is 5.75 Å². The van der Waals surface area contributed by atoms with Crippen LogP contribution in [0.4, 0.5) is 0 Å². The second-order valence-electron chi connectivity index (χ2n) is 4.70. The van der Waals surface area contributed by atoms with Crippen molar-refractivity contribution in [1.82, 2.24) is 4.90 Å². The zero-order chi connectivity index (χ0) is 13.7. The normalized spacial score (nSPS) is 15.4. The van der Waals surface area contributed by atoms with Gasteiger partial charge in [0.1, 0.15) is 5.75 Å². The molecule has 0 bridgehead atoms. The zero-order valence-corrected chi connectivity index (χ0v) is 12.5. The molecule has 5 heteroatoms. The van der Waals surface area contributed by atoms with Gasteiger partial charge in [0.05, 0.1) is 4.47 Å². The molecule has 2 N–H and O–H groups in total. The van der Waals surface area contributed by atoms with Crippen molar-refractivity contribution in [2.24, 2.45) is 5.73 Å². The Labute approximate surface area is 122 Å². The molecule has 1 saturated heterocycles. The van der Waals surface area contributed by atoms with Gasteiger partial charge in [-0.3, -0.25) is 4.79 Å². The van der Waals surface area contributed by atoms with Gasteiger partial charge < -0.3 is 15.4 Å². The Morgan fingerprint density at radius 2 is 2.05 bits per heavy atom. The lowest BCUT2D eigenvalue weighted by atomic mass is 10.1. The fourth-order valence-corrected chi connectivity index (χ4v) is 2.70. The van der Waals surface area contributed by atoms with E-state index in [1.165, 1.54) is 6.42 Å². The molecule has 0 atom stereocenters. The summed E-state index contributed by atoms with van der Waals surface area (Å²) < 4.78 is 6.41. The predicted molar refractivity (Wildman–Crippen MR) is 78.0 cm³/mol. The number of halogens is 1. The Morgan fingerprint density at radius 1 is 1.32 bits per heavy atom. The lowest BCUT2D eigenvalue weighted by Gasteiger charge is -2.26. The Bertz CT molecular complexity index is 445. The number of carbonyl (C=O) groups excluding carboxylic acids is 1. The van der Waals surface area contributed by atoms with Gasteiger partial charge in [-0.05, 0) is 52.9 Å². The molecular weight excluding hydrogens is 308 g/mol. The van der Waals surface area contributed by atoms with Crippen molar-refractivity contribution in [2.45, 2.75) is 25.8 Å². The van der Waals surface area contributed by atoms with Gasteiger partial charge in [-0.15, -0.1) is 0 Å². The third-order valence-electron chi connectivity index (χ3n) is 3.29. The molecule has 1 aromatic rings. The first kappa shape index (κ1) is 14.3. The highest BCUT2D eigenvalue weighted by Gasteiger charge is 2.17. The van der Waals surface area contributed by atoms with Crippen LogP contribution in [-0.2, 0) is 11.3 Å². The van der Waals surface area contributed by atoms with Crippen molar-refractivity contribution in [3.05, 3.63) is 28.2 Å². The standard InChI is InChI=1S/C14H19BrN2O2/c15-12-8-11(9-16)4-5-13(12)19-10-14(18)17-6-2-1-3-7-17/h4-5,8H,1-3,6-7,9-10,16H2. The van der Waals surface area contributed by atoms with E-state index in [-0.39, 0.29) is 12.5 Å². The Balaban J connectivity index is 1.89. The first-order chi connectivity index (χ1) is 9.20. The van der Waals surface area contributed by atoms with E-state index in [1.807, 2.05) is 23.1 Å². The van der Waals surface area contributed by atoms with Crippen molar-refractivity contribution in [2.75, 3.05) is 19.7 Å². The Kier molecular flexibility index (Phi) is 5.22. The number of likely N-dealkylation sites (tertiary alicyclic amines) is 1. The molecule has 1 aliphatic heterocycles. The monoisotopic (exact) mass is 326 g/mol. The molecular formula is C14H19BrN2O2. The SMILES string of the molecule is NCc1ccc(OCC(=O)N2CCCCC2)c(Br)c1. The van der Waals surface area contributed by atoms with Crippen LogP contribution in [0, 0.1) is 0 Å². The first-order valence-electron chi connectivity index (χ1n) is 6.60. The summed E-state index contributed by atoms with van der Waals surface area (Å²) in [7, 11) is 0. The number of rotatable bonds is 4. The Hall–Kier alpha value is -1.07. The molecule has 104 valence electrons. The van der Waals surface area contributed by atoms with Crippen molar-refractivity contribution in [3.63, 3.8) is 0 Å². The molecule has 1 aromatic carbocycles. The molecule has 1 heterocycles. The molecule has 2 rings (SSSR count). The minimum Gasteiger partial charge on any atom is -0.483 e. The summed E-state index contributed by atoms with van der Waals surface area (Å²) in [5, 5.41) is 0. The van der Waals surface area contributed by atoms with E-state index in [9.17, 15) is 4.79 Å². The summed E-state index contributed by atoms with van der Waals surface area (Å²) in [6.45, 7) is 2.30. The van der Waals surface area contributed by atoms with Gasteiger partial charge in [-0.2, -0.15) is 0 Å². The third-order valence-corrected chi connectivity index (χ3v) is 3.91. The number of ether oxygens (including phenoxy) is 1. The smallest absolute Gasteiger partial charge is 0.260 e. The van der Waals surface area contributed by atoms with Gasteiger partial charge >= 0.3 is 0 Å². The van der Waals surface area contributed by atoms with Crippen molar-refractivity contribution in [1.29, 1.82) is 0 Å². The highest BCUT2D eigenvalue weighted by atomic mass is 79.9. The van der Waals surface area contributed by atoms with E-state index in [0.717, 1.165) is 36.0 Å².